The number of hydrogen-bond acceptors (Lipinski definition) is 2. The van der Waals surface area contributed by atoms with Crippen LogP contribution < -0.4 is 5.32 Å². The van der Waals surface area contributed by atoms with Gasteiger partial charge < -0.3 is 10.4 Å². The average Bonchev–Trinajstić information content (AvgIpc) is 2.44. The Labute approximate surface area is 124 Å². The summed E-state index contributed by atoms with van der Waals surface area (Å²) in [5, 5.41) is 13.1. The molecule has 0 spiro atoms. The number of benzene rings is 2. The second-order valence-corrected chi connectivity index (χ2v) is 5.04. The van der Waals surface area contributed by atoms with Crippen LogP contribution in [0.25, 0.3) is 0 Å². The summed E-state index contributed by atoms with van der Waals surface area (Å²) in [6.45, 7) is 0. The minimum atomic E-state index is -0.569. The van der Waals surface area contributed by atoms with Crippen LogP contribution in [-0.4, -0.2) is 16.3 Å². The standard InChI is InChI=1S/C15H13BrFNO2/c16-8-7-10-1-4-12(5-2-10)18-15(20)13-9-11(17)3-6-14(13)19/h1-6,9,19H,7-8H2,(H,18,20). The number of aryl methyl sites for hydroxylation is 1. The van der Waals surface area contributed by atoms with Crippen LogP contribution in [0.4, 0.5) is 10.1 Å². The van der Waals surface area contributed by atoms with E-state index >= 15 is 0 Å². The van der Waals surface area contributed by atoms with Gasteiger partial charge in [-0.15, -0.1) is 0 Å². The van der Waals surface area contributed by atoms with E-state index < -0.39 is 11.7 Å². The van der Waals surface area contributed by atoms with Gasteiger partial charge in [0.25, 0.3) is 5.91 Å². The van der Waals surface area contributed by atoms with Crippen molar-refractivity contribution in [2.24, 2.45) is 0 Å². The van der Waals surface area contributed by atoms with Crippen molar-refractivity contribution < 1.29 is 14.3 Å². The molecule has 0 aliphatic heterocycles. The fourth-order valence-electron chi connectivity index (χ4n) is 1.75. The third-order valence-electron chi connectivity index (χ3n) is 2.80. The third-order valence-corrected chi connectivity index (χ3v) is 3.19. The first-order valence-corrected chi connectivity index (χ1v) is 7.17. The van der Waals surface area contributed by atoms with Gasteiger partial charge in [-0.3, -0.25) is 4.79 Å². The first-order chi connectivity index (χ1) is 9.60. The minimum absolute atomic E-state index is 0.0884. The van der Waals surface area contributed by atoms with Gasteiger partial charge in [0.1, 0.15) is 11.6 Å². The van der Waals surface area contributed by atoms with E-state index in [1.165, 1.54) is 0 Å². The second kappa shape index (κ2) is 6.52. The third kappa shape index (κ3) is 3.57. The monoisotopic (exact) mass is 337 g/mol. The molecule has 0 fully saturated rings. The highest BCUT2D eigenvalue weighted by atomic mass is 79.9. The van der Waals surface area contributed by atoms with Gasteiger partial charge in [-0.1, -0.05) is 28.1 Å². The number of phenols is 1. The summed E-state index contributed by atoms with van der Waals surface area (Å²) in [6, 6.07) is 10.6. The zero-order valence-electron chi connectivity index (χ0n) is 10.6. The van der Waals surface area contributed by atoms with E-state index in [4.69, 9.17) is 0 Å². The van der Waals surface area contributed by atoms with Gasteiger partial charge in [0, 0.05) is 11.0 Å². The molecule has 0 bridgehead atoms. The molecule has 2 rings (SSSR count). The maximum absolute atomic E-state index is 13.1. The maximum Gasteiger partial charge on any atom is 0.259 e. The summed E-state index contributed by atoms with van der Waals surface area (Å²) >= 11 is 3.36. The molecule has 0 radical (unpaired) electrons. The fraction of sp³-hybridized carbons (Fsp3) is 0.133. The molecular formula is C15H13BrFNO2. The Kier molecular flexibility index (Phi) is 4.74. The molecule has 2 N–H and O–H groups in total. The van der Waals surface area contributed by atoms with E-state index in [2.05, 4.69) is 21.2 Å². The highest BCUT2D eigenvalue weighted by Crippen LogP contribution is 2.20. The first kappa shape index (κ1) is 14.5. The Morgan fingerprint density at radius 3 is 2.55 bits per heavy atom. The smallest absolute Gasteiger partial charge is 0.259 e. The van der Waals surface area contributed by atoms with Gasteiger partial charge in [-0.25, -0.2) is 4.39 Å². The van der Waals surface area contributed by atoms with Crippen LogP contribution >= 0.6 is 15.9 Å². The number of rotatable bonds is 4. The molecule has 0 saturated heterocycles. The van der Waals surface area contributed by atoms with Gasteiger partial charge in [-0.2, -0.15) is 0 Å². The first-order valence-electron chi connectivity index (χ1n) is 6.05. The number of aromatic hydroxyl groups is 1. The summed E-state index contributed by atoms with van der Waals surface area (Å²) < 4.78 is 13.1. The van der Waals surface area contributed by atoms with Crippen molar-refractivity contribution in [2.45, 2.75) is 6.42 Å². The topological polar surface area (TPSA) is 49.3 Å². The number of hydrogen-bond donors (Lipinski definition) is 2. The molecule has 0 saturated carbocycles. The molecule has 0 unspecified atom stereocenters. The molecule has 0 aromatic heterocycles. The van der Waals surface area contributed by atoms with Gasteiger partial charge in [0.05, 0.1) is 5.56 Å². The van der Waals surface area contributed by atoms with Gasteiger partial charge in [-0.05, 0) is 42.3 Å². The lowest BCUT2D eigenvalue weighted by molar-refractivity contribution is 0.102. The van der Waals surface area contributed by atoms with E-state index in [0.717, 1.165) is 35.5 Å². The van der Waals surface area contributed by atoms with E-state index in [0.29, 0.717) is 5.69 Å². The van der Waals surface area contributed by atoms with Gasteiger partial charge >= 0.3 is 0 Å². The molecule has 20 heavy (non-hydrogen) atoms. The number of anilines is 1. The number of carbonyl (C=O) groups excluding carboxylic acids is 1. The second-order valence-electron chi connectivity index (χ2n) is 4.25. The zero-order chi connectivity index (χ0) is 14.5. The number of phenolic OH excluding ortho intramolecular Hbond substituents is 1. The molecule has 104 valence electrons. The summed E-state index contributed by atoms with van der Waals surface area (Å²) in [7, 11) is 0. The highest BCUT2D eigenvalue weighted by Gasteiger charge is 2.12. The summed E-state index contributed by atoms with van der Waals surface area (Å²) in [5.74, 6) is -1.37. The lowest BCUT2D eigenvalue weighted by Crippen LogP contribution is -2.12. The number of amides is 1. The van der Waals surface area contributed by atoms with Gasteiger partial charge in [0.2, 0.25) is 0 Å². The van der Waals surface area contributed by atoms with Crippen LogP contribution in [0, 0.1) is 5.82 Å². The van der Waals surface area contributed by atoms with Crippen LogP contribution in [0.15, 0.2) is 42.5 Å². The predicted octanol–water partition coefficient (Wildman–Crippen LogP) is 3.72. The Hall–Kier alpha value is -1.88. The van der Waals surface area contributed by atoms with E-state index in [9.17, 15) is 14.3 Å². The lowest BCUT2D eigenvalue weighted by atomic mass is 10.1. The molecule has 3 nitrogen and oxygen atoms in total. The largest absolute Gasteiger partial charge is 0.507 e. The van der Waals surface area contributed by atoms with Crippen molar-refractivity contribution >= 4 is 27.5 Å². The summed E-state index contributed by atoms with van der Waals surface area (Å²) in [6.07, 6.45) is 0.902. The molecule has 2 aromatic carbocycles. The maximum atomic E-state index is 13.1. The van der Waals surface area contributed by atoms with Gasteiger partial charge in [0.15, 0.2) is 0 Å². The van der Waals surface area contributed by atoms with Crippen LogP contribution in [-0.2, 0) is 6.42 Å². The molecule has 5 heteroatoms. The normalized spacial score (nSPS) is 10.3. The van der Waals surface area contributed by atoms with Crippen molar-refractivity contribution in [3.8, 4) is 5.75 Å². The van der Waals surface area contributed by atoms with Crippen LogP contribution in [0.3, 0.4) is 0 Å². The molecule has 1 amide bonds. The lowest BCUT2D eigenvalue weighted by Gasteiger charge is -2.07. The number of nitrogens with one attached hydrogen (secondary N) is 1. The van der Waals surface area contributed by atoms with Crippen molar-refractivity contribution in [1.29, 1.82) is 0 Å². The Morgan fingerprint density at radius 1 is 1.20 bits per heavy atom. The molecule has 0 aliphatic carbocycles. The molecule has 2 aromatic rings. The number of alkyl halides is 1. The molecular weight excluding hydrogens is 325 g/mol. The summed E-state index contributed by atoms with van der Waals surface area (Å²) in [4.78, 5) is 12.0. The molecule has 0 heterocycles. The van der Waals surface area contributed by atoms with E-state index in [1.54, 1.807) is 12.1 Å². The van der Waals surface area contributed by atoms with E-state index in [-0.39, 0.29) is 11.3 Å². The van der Waals surface area contributed by atoms with Crippen molar-refractivity contribution in [1.82, 2.24) is 0 Å². The van der Waals surface area contributed by atoms with Crippen molar-refractivity contribution in [3.05, 3.63) is 59.4 Å². The highest BCUT2D eigenvalue weighted by molar-refractivity contribution is 9.09. The number of halogens is 2. The Balaban J connectivity index is 2.13. The van der Waals surface area contributed by atoms with Crippen LogP contribution in [0.5, 0.6) is 5.75 Å². The van der Waals surface area contributed by atoms with Crippen LogP contribution in [0.2, 0.25) is 0 Å². The van der Waals surface area contributed by atoms with Crippen molar-refractivity contribution in [2.75, 3.05) is 10.6 Å². The zero-order valence-corrected chi connectivity index (χ0v) is 12.2. The predicted molar refractivity (Wildman–Crippen MR) is 80.0 cm³/mol. The van der Waals surface area contributed by atoms with E-state index in [1.807, 2.05) is 12.1 Å². The number of carbonyl (C=O) groups is 1. The average molecular weight is 338 g/mol. The fourth-order valence-corrected chi connectivity index (χ4v) is 2.21. The Bertz CT molecular complexity index is 614. The summed E-state index contributed by atoms with van der Waals surface area (Å²) in [5.41, 5.74) is 1.65. The quantitative estimate of drug-likeness (QED) is 0.835. The Morgan fingerprint density at radius 2 is 1.90 bits per heavy atom. The van der Waals surface area contributed by atoms with Crippen molar-refractivity contribution in [3.63, 3.8) is 0 Å². The SMILES string of the molecule is O=C(Nc1ccc(CCBr)cc1)c1cc(F)ccc1O. The molecule has 0 atom stereocenters. The molecule has 0 aliphatic rings. The van der Waals surface area contributed by atoms with Crippen LogP contribution in [0.1, 0.15) is 15.9 Å². The minimum Gasteiger partial charge on any atom is -0.507 e.